The lowest BCUT2D eigenvalue weighted by molar-refractivity contribution is 0.189. The Bertz CT molecular complexity index is 405. The van der Waals surface area contributed by atoms with Crippen LogP contribution in [0.25, 0.3) is 0 Å². The average Bonchev–Trinajstić information content (AvgIpc) is 2.28. The van der Waals surface area contributed by atoms with Gasteiger partial charge in [0, 0.05) is 18.8 Å². The molecule has 0 aliphatic carbocycles. The molecule has 0 aromatic carbocycles. The van der Waals surface area contributed by atoms with Gasteiger partial charge in [0.1, 0.15) is 0 Å². The molecule has 0 amide bonds. The first-order valence-electron chi connectivity index (χ1n) is 5.27. The zero-order chi connectivity index (χ0) is 12.8. The third kappa shape index (κ3) is 3.60. The standard InChI is InChI=1S/C11H17N3O3/c1-7(2)16-10-8(3)5-9(6-13-10)11(14-15)17-12-4/h5-7,12,15H,1-4H3/b14-11-. The van der Waals surface area contributed by atoms with Gasteiger partial charge in [-0.05, 0) is 32.0 Å². The minimum atomic E-state index is 0.0548. The van der Waals surface area contributed by atoms with E-state index in [1.807, 2.05) is 20.8 Å². The molecule has 0 bridgehead atoms. The molecule has 1 aromatic rings. The fourth-order valence-corrected chi connectivity index (χ4v) is 1.26. The van der Waals surface area contributed by atoms with Crippen LogP contribution in [0.15, 0.2) is 17.4 Å². The van der Waals surface area contributed by atoms with Crippen molar-refractivity contribution in [1.29, 1.82) is 0 Å². The molecule has 0 atom stereocenters. The van der Waals surface area contributed by atoms with Crippen LogP contribution in [0, 0.1) is 6.92 Å². The summed E-state index contributed by atoms with van der Waals surface area (Å²) >= 11 is 0. The maximum absolute atomic E-state index is 8.78. The number of oxime groups is 1. The number of hydrogen-bond acceptors (Lipinski definition) is 6. The fourth-order valence-electron chi connectivity index (χ4n) is 1.26. The Labute approximate surface area is 100 Å². The first kappa shape index (κ1) is 13.2. The predicted octanol–water partition coefficient (Wildman–Crippen LogP) is 1.46. The van der Waals surface area contributed by atoms with Crippen molar-refractivity contribution in [3.63, 3.8) is 0 Å². The molecule has 0 saturated carbocycles. The van der Waals surface area contributed by atoms with Crippen LogP contribution < -0.4 is 10.2 Å². The first-order chi connectivity index (χ1) is 8.08. The highest BCUT2D eigenvalue weighted by Gasteiger charge is 2.10. The van der Waals surface area contributed by atoms with Gasteiger partial charge >= 0.3 is 0 Å². The van der Waals surface area contributed by atoms with Crippen LogP contribution >= 0.6 is 0 Å². The fraction of sp³-hybridized carbons (Fsp3) is 0.455. The second-order valence-corrected chi connectivity index (χ2v) is 3.72. The van der Waals surface area contributed by atoms with Gasteiger partial charge in [-0.2, -0.15) is 5.48 Å². The zero-order valence-electron chi connectivity index (χ0n) is 10.4. The molecular formula is C11H17N3O3. The van der Waals surface area contributed by atoms with Crippen molar-refractivity contribution < 1.29 is 14.8 Å². The molecular weight excluding hydrogens is 222 g/mol. The van der Waals surface area contributed by atoms with Gasteiger partial charge in [0.2, 0.25) is 5.88 Å². The van der Waals surface area contributed by atoms with Crippen molar-refractivity contribution in [2.24, 2.45) is 5.16 Å². The molecule has 94 valence electrons. The summed E-state index contributed by atoms with van der Waals surface area (Å²) in [6.07, 6.45) is 1.59. The smallest absolute Gasteiger partial charge is 0.281 e. The van der Waals surface area contributed by atoms with Crippen LogP contribution in [-0.4, -0.2) is 29.2 Å². The zero-order valence-corrected chi connectivity index (χ0v) is 10.4. The van der Waals surface area contributed by atoms with Crippen molar-refractivity contribution >= 4 is 5.90 Å². The van der Waals surface area contributed by atoms with Crippen LogP contribution in [0.5, 0.6) is 5.88 Å². The van der Waals surface area contributed by atoms with Gasteiger partial charge in [0.25, 0.3) is 5.90 Å². The van der Waals surface area contributed by atoms with Crippen LogP contribution in [0.3, 0.4) is 0 Å². The van der Waals surface area contributed by atoms with E-state index in [0.29, 0.717) is 11.4 Å². The SMILES string of the molecule is CNO/C(=N\O)c1cnc(OC(C)C)c(C)c1. The summed E-state index contributed by atoms with van der Waals surface area (Å²) in [6.45, 7) is 5.72. The molecule has 1 heterocycles. The summed E-state index contributed by atoms with van der Waals surface area (Å²) in [4.78, 5) is 9.07. The molecule has 2 N–H and O–H groups in total. The Hall–Kier alpha value is -1.82. The van der Waals surface area contributed by atoms with E-state index >= 15 is 0 Å². The van der Waals surface area contributed by atoms with Crippen LogP contribution in [0.2, 0.25) is 0 Å². The van der Waals surface area contributed by atoms with E-state index in [-0.39, 0.29) is 12.0 Å². The number of nitrogens with zero attached hydrogens (tertiary/aromatic N) is 2. The summed E-state index contributed by atoms with van der Waals surface area (Å²) < 4.78 is 5.50. The van der Waals surface area contributed by atoms with Crippen LogP contribution in [-0.2, 0) is 4.84 Å². The molecule has 0 unspecified atom stereocenters. The topological polar surface area (TPSA) is 76.0 Å². The Kier molecular flexibility index (Phi) is 4.71. The molecule has 0 fully saturated rings. The lowest BCUT2D eigenvalue weighted by Gasteiger charge is -2.12. The number of hydrogen-bond donors (Lipinski definition) is 2. The van der Waals surface area contributed by atoms with Crippen molar-refractivity contribution in [1.82, 2.24) is 10.5 Å². The van der Waals surface area contributed by atoms with E-state index in [1.54, 1.807) is 13.1 Å². The second kappa shape index (κ2) is 6.05. The van der Waals surface area contributed by atoms with E-state index in [0.717, 1.165) is 5.56 Å². The van der Waals surface area contributed by atoms with Crippen molar-refractivity contribution in [3.05, 3.63) is 23.4 Å². The molecule has 6 heteroatoms. The Morgan fingerprint density at radius 2 is 2.24 bits per heavy atom. The van der Waals surface area contributed by atoms with Crippen LogP contribution in [0.4, 0.5) is 0 Å². The molecule has 1 rings (SSSR count). The van der Waals surface area contributed by atoms with Crippen molar-refractivity contribution in [2.45, 2.75) is 26.9 Å². The minimum absolute atomic E-state index is 0.0548. The van der Waals surface area contributed by atoms with E-state index in [4.69, 9.17) is 14.8 Å². The maximum Gasteiger partial charge on any atom is 0.281 e. The molecule has 0 radical (unpaired) electrons. The second-order valence-electron chi connectivity index (χ2n) is 3.72. The molecule has 0 aliphatic heterocycles. The lowest BCUT2D eigenvalue weighted by Crippen LogP contribution is -2.17. The van der Waals surface area contributed by atoms with Gasteiger partial charge in [-0.1, -0.05) is 0 Å². The molecule has 0 aliphatic rings. The molecule has 1 aromatic heterocycles. The Balaban J connectivity index is 2.95. The normalized spacial score (nSPS) is 11.7. The number of aromatic nitrogens is 1. The number of nitrogens with one attached hydrogen (secondary N) is 1. The van der Waals surface area contributed by atoms with Gasteiger partial charge in [-0.3, -0.25) is 0 Å². The molecule has 6 nitrogen and oxygen atoms in total. The summed E-state index contributed by atoms with van der Waals surface area (Å²) in [6, 6.07) is 1.77. The largest absolute Gasteiger partial charge is 0.475 e. The summed E-state index contributed by atoms with van der Waals surface area (Å²) in [5.41, 5.74) is 3.84. The van der Waals surface area contributed by atoms with Gasteiger partial charge in [0.05, 0.1) is 11.7 Å². The third-order valence-corrected chi connectivity index (χ3v) is 1.91. The third-order valence-electron chi connectivity index (χ3n) is 1.91. The highest BCUT2D eigenvalue weighted by molar-refractivity contribution is 5.93. The molecule has 0 spiro atoms. The number of rotatable bonds is 4. The predicted molar refractivity (Wildman–Crippen MR) is 63.2 cm³/mol. The van der Waals surface area contributed by atoms with E-state index < -0.39 is 0 Å². The lowest BCUT2D eigenvalue weighted by atomic mass is 10.2. The number of aryl methyl sites for hydroxylation is 1. The number of ether oxygens (including phenoxy) is 1. The van der Waals surface area contributed by atoms with Gasteiger partial charge in [-0.15, -0.1) is 0 Å². The van der Waals surface area contributed by atoms with Crippen molar-refractivity contribution in [3.8, 4) is 5.88 Å². The summed E-state index contributed by atoms with van der Waals surface area (Å²) in [5.74, 6) is 0.615. The monoisotopic (exact) mass is 239 g/mol. The Morgan fingerprint density at radius 3 is 2.71 bits per heavy atom. The van der Waals surface area contributed by atoms with E-state index in [1.165, 1.54) is 6.20 Å². The highest BCUT2D eigenvalue weighted by Crippen LogP contribution is 2.17. The first-order valence-corrected chi connectivity index (χ1v) is 5.27. The molecule has 17 heavy (non-hydrogen) atoms. The summed E-state index contributed by atoms with van der Waals surface area (Å²) in [5, 5.41) is 11.8. The van der Waals surface area contributed by atoms with Crippen molar-refractivity contribution in [2.75, 3.05) is 7.05 Å². The van der Waals surface area contributed by atoms with Gasteiger partial charge in [0.15, 0.2) is 0 Å². The summed E-state index contributed by atoms with van der Waals surface area (Å²) in [7, 11) is 1.57. The Morgan fingerprint density at radius 1 is 1.53 bits per heavy atom. The average molecular weight is 239 g/mol. The van der Waals surface area contributed by atoms with Crippen LogP contribution in [0.1, 0.15) is 25.0 Å². The minimum Gasteiger partial charge on any atom is -0.475 e. The maximum atomic E-state index is 8.78. The van der Waals surface area contributed by atoms with E-state index in [2.05, 4.69) is 15.6 Å². The number of hydroxylamine groups is 1. The number of pyridine rings is 1. The quantitative estimate of drug-likeness (QED) is 0.360. The molecule has 0 saturated heterocycles. The van der Waals surface area contributed by atoms with Gasteiger partial charge in [-0.25, -0.2) is 4.98 Å². The van der Waals surface area contributed by atoms with Gasteiger partial charge < -0.3 is 14.8 Å². The highest BCUT2D eigenvalue weighted by atomic mass is 16.7. The van der Waals surface area contributed by atoms with E-state index in [9.17, 15) is 0 Å².